The molecule has 3 heterocycles. The first-order chi connectivity index (χ1) is 10.0. The minimum atomic E-state index is -4.47. The summed E-state index contributed by atoms with van der Waals surface area (Å²) in [5.41, 5.74) is -0.940. The van der Waals surface area contributed by atoms with E-state index in [1.54, 1.807) is 11.1 Å². The molecule has 1 atom stereocenters. The average molecular weight is 316 g/mol. The number of rotatable bonds is 2. The number of nitrogens with zero attached hydrogens (tertiary/aromatic N) is 4. The second kappa shape index (κ2) is 5.57. The summed E-state index contributed by atoms with van der Waals surface area (Å²) < 4.78 is 43.7. The maximum absolute atomic E-state index is 12.7. The highest BCUT2D eigenvalue weighted by Crippen LogP contribution is 2.30. The molecule has 1 fully saturated rings. The fourth-order valence-corrected chi connectivity index (χ4v) is 2.71. The zero-order chi connectivity index (χ0) is 14.9. The summed E-state index contributed by atoms with van der Waals surface area (Å²) in [6, 6.07) is 0.863. The van der Waals surface area contributed by atoms with E-state index in [-0.39, 0.29) is 12.1 Å². The van der Waals surface area contributed by atoms with Crippen molar-refractivity contribution in [1.29, 1.82) is 0 Å². The number of aromatic nitrogens is 3. The normalized spacial score (nSPS) is 19.8. The molecule has 5 nitrogen and oxygen atoms in total. The van der Waals surface area contributed by atoms with Crippen LogP contribution in [0.15, 0.2) is 23.8 Å². The Hall–Kier alpha value is -1.74. The first-order valence-electron chi connectivity index (χ1n) is 6.20. The molecule has 0 radical (unpaired) electrons. The lowest BCUT2D eigenvalue weighted by Crippen LogP contribution is -2.39. The summed E-state index contributed by atoms with van der Waals surface area (Å²) in [4.78, 5) is 13.4. The summed E-state index contributed by atoms with van der Waals surface area (Å²) in [5, 5.41) is 2.63. The van der Waals surface area contributed by atoms with Gasteiger partial charge < -0.3 is 9.64 Å². The van der Waals surface area contributed by atoms with Crippen LogP contribution in [0.2, 0.25) is 0 Å². The quantitative estimate of drug-likeness (QED) is 0.852. The molecule has 1 unspecified atom stereocenters. The van der Waals surface area contributed by atoms with Gasteiger partial charge in [0.25, 0.3) is 0 Å². The monoisotopic (exact) mass is 316 g/mol. The van der Waals surface area contributed by atoms with E-state index in [0.29, 0.717) is 19.7 Å². The standard InChI is InChI=1S/C12H11F3N4OS/c13-12(14,15)9-1-2-17-11(18-9)19-4-5-20-8(7-19)10-16-3-6-21-10/h1-3,6,8H,4-5,7H2. The van der Waals surface area contributed by atoms with Crippen molar-refractivity contribution in [1.82, 2.24) is 15.0 Å². The highest BCUT2D eigenvalue weighted by atomic mass is 32.1. The molecule has 0 aromatic carbocycles. The summed E-state index contributed by atoms with van der Waals surface area (Å²) in [6.07, 6.45) is -1.95. The van der Waals surface area contributed by atoms with Crippen LogP contribution in [0.1, 0.15) is 16.8 Å². The molecule has 3 rings (SSSR count). The zero-order valence-electron chi connectivity index (χ0n) is 10.7. The Labute approximate surface area is 122 Å². The molecule has 1 saturated heterocycles. The second-order valence-electron chi connectivity index (χ2n) is 4.42. The van der Waals surface area contributed by atoms with E-state index in [2.05, 4.69) is 15.0 Å². The number of halogens is 3. The van der Waals surface area contributed by atoms with Gasteiger partial charge in [-0.2, -0.15) is 13.2 Å². The van der Waals surface area contributed by atoms with Crippen LogP contribution in [0.5, 0.6) is 0 Å². The second-order valence-corrected chi connectivity index (χ2v) is 5.34. The van der Waals surface area contributed by atoms with Gasteiger partial charge in [-0.1, -0.05) is 0 Å². The summed E-state index contributed by atoms with van der Waals surface area (Å²) >= 11 is 1.45. The molecule has 112 valence electrons. The first kappa shape index (κ1) is 14.2. The van der Waals surface area contributed by atoms with E-state index >= 15 is 0 Å². The van der Waals surface area contributed by atoms with E-state index < -0.39 is 11.9 Å². The maximum Gasteiger partial charge on any atom is 0.433 e. The van der Waals surface area contributed by atoms with Crippen molar-refractivity contribution in [2.45, 2.75) is 12.3 Å². The molecule has 2 aromatic rings. The Morgan fingerprint density at radius 1 is 1.29 bits per heavy atom. The predicted octanol–water partition coefficient (Wildman–Crippen LogP) is 2.53. The van der Waals surface area contributed by atoms with Crippen molar-refractivity contribution in [3.05, 3.63) is 34.5 Å². The number of alkyl halides is 3. The minimum Gasteiger partial charge on any atom is -0.367 e. The predicted molar refractivity (Wildman–Crippen MR) is 70.1 cm³/mol. The molecule has 21 heavy (non-hydrogen) atoms. The number of anilines is 1. The van der Waals surface area contributed by atoms with E-state index in [0.717, 1.165) is 17.3 Å². The molecule has 0 amide bonds. The van der Waals surface area contributed by atoms with Crippen molar-refractivity contribution >= 4 is 17.3 Å². The van der Waals surface area contributed by atoms with Crippen LogP contribution in [0.4, 0.5) is 19.1 Å². The Balaban J connectivity index is 1.80. The lowest BCUT2D eigenvalue weighted by atomic mass is 10.3. The maximum atomic E-state index is 12.7. The van der Waals surface area contributed by atoms with E-state index in [9.17, 15) is 13.2 Å². The zero-order valence-corrected chi connectivity index (χ0v) is 11.6. The van der Waals surface area contributed by atoms with Crippen molar-refractivity contribution in [3.8, 4) is 0 Å². The summed E-state index contributed by atoms with van der Waals surface area (Å²) in [5.74, 6) is 0.0645. The fourth-order valence-electron chi connectivity index (χ4n) is 2.03. The third-order valence-electron chi connectivity index (χ3n) is 3.01. The number of morpholine rings is 1. The van der Waals surface area contributed by atoms with Gasteiger partial charge in [0.05, 0.1) is 13.2 Å². The molecule has 0 N–H and O–H groups in total. The van der Waals surface area contributed by atoms with Gasteiger partial charge in [-0.25, -0.2) is 15.0 Å². The Kier molecular flexibility index (Phi) is 3.77. The SMILES string of the molecule is FC(F)(F)c1ccnc(N2CCOC(c3nccs3)C2)n1. The van der Waals surface area contributed by atoms with E-state index in [1.807, 2.05) is 5.38 Å². The first-order valence-corrected chi connectivity index (χ1v) is 7.08. The third kappa shape index (κ3) is 3.13. The molecule has 0 spiro atoms. The number of thiazole rings is 1. The van der Waals surface area contributed by atoms with Gasteiger partial charge in [0, 0.05) is 24.3 Å². The molecule has 9 heteroatoms. The Morgan fingerprint density at radius 3 is 2.86 bits per heavy atom. The van der Waals surface area contributed by atoms with Crippen LogP contribution in [0.3, 0.4) is 0 Å². The van der Waals surface area contributed by atoms with Gasteiger partial charge in [0.15, 0.2) is 0 Å². The highest BCUT2D eigenvalue weighted by Gasteiger charge is 2.34. The molecule has 2 aromatic heterocycles. The molecule has 1 aliphatic rings. The lowest BCUT2D eigenvalue weighted by Gasteiger charge is -2.32. The van der Waals surface area contributed by atoms with Gasteiger partial charge in [-0.3, -0.25) is 0 Å². The van der Waals surface area contributed by atoms with Crippen LogP contribution >= 0.6 is 11.3 Å². The van der Waals surface area contributed by atoms with Crippen molar-refractivity contribution in [2.75, 3.05) is 24.6 Å². The van der Waals surface area contributed by atoms with Gasteiger partial charge in [-0.05, 0) is 6.07 Å². The lowest BCUT2D eigenvalue weighted by molar-refractivity contribution is -0.141. The minimum absolute atomic E-state index is 0.0645. The van der Waals surface area contributed by atoms with Crippen LogP contribution < -0.4 is 4.90 Å². The summed E-state index contributed by atoms with van der Waals surface area (Å²) in [7, 11) is 0. The number of ether oxygens (including phenoxy) is 1. The van der Waals surface area contributed by atoms with Crippen LogP contribution in [0.25, 0.3) is 0 Å². The third-order valence-corrected chi connectivity index (χ3v) is 3.88. The topological polar surface area (TPSA) is 51.1 Å². The Morgan fingerprint density at radius 2 is 2.14 bits per heavy atom. The van der Waals surface area contributed by atoms with Crippen LogP contribution in [0, 0.1) is 0 Å². The number of hydrogen-bond donors (Lipinski definition) is 0. The molecular weight excluding hydrogens is 305 g/mol. The van der Waals surface area contributed by atoms with Crippen molar-refractivity contribution in [3.63, 3.8) is 0 Å². The van der Waals surface area contributed by atoms with E-state index in [4.69, 9.17) is 4.74 Å². The van der Waals surface area contributed by atoms with Gasteiger partial charge >= 0.3 is 6.18 Å². The average Bonchev–Trinajstić information content (AvgIpc) is 3.01. The molecule has 0 saturated carbocycles. The molecular formula is C12H11F3N4OS. The largest absolute Gasteiger partial charge is 0.433 e. The van der Waals surface area contributed by atoms with Crippen LogP contribution in [-0.4, -0.2) is 34.6 Å². The van der Waals surface area contributed by atoms with Crippen LogP contribution in [-0.2, 0) is 10.9 Å². The van der Waals surface area contributed by atoms with Crippen molar-refractivity contribution < 1.29 is 17.9 Å². The van der Waals surface area contributed by atoms with E-state index in [1.165, 1.54) is 11.3 Å². The molecule has 1 aliphatic heterocycles. The van der Waals surface area contributed by atoms with Gasteiger partial charge in [0.2, 0.25) is 5.95 Å². The smallest absolute Gasteiger partial charge is 0.367 e. The fraction of sp³-hybridized carbons (Fsp3) is 0.417. The molecule has 0 aliphatic carbocycles. The van der Waals surface area contributed by atoms with Crippen molar-refractivity contribution in [2.24, 2.45) is 0 Å². The van der Waals surface area contributed by atoms with Gasteiger partial charge in [-0.15, -0.1) is 11.3 Å². The molecule has 0 bridgehead atoms. The van der Waals surface area contributed by atoms with Gasteiger partial charge in [0.1, 0.15) is 16.8 Å². The summed E-state index contributed by atoms with van der Waals surface area (Å²) in [6.45, 7) is 1.22. The Bertz CT molecular complexity index is 605. The highest BCUT2D eigenvalue weighted by molar-refractivity contribution is 7.09. The number of hydrogen-bond acceptors (Lipinski definition) is 6.